The fourth-order valence-electron chi connectivity index (χ4n) is 2.72. The minimum atomic E-state index is -0.516. The van der Waals surface area contributed by atoms with Crippen LogP contribution in [0, 0.1) is 20.8 Å². The third kappa shape index (κ3) is 6.10. The third-order valence-corrected chi connectivity index (χ3v) is 4.05. The van der Waals surface area contributed by atoms with Crippen LogP contribution in [-0.2, 0) is 4.79 Å². The number of nitrogens with one attached hydrogen (secondary N) is 1. The van der Waals surface area contributed by atoms with Crippen molar-refractivity contribution in [2.45, 2.75) is 53.2 Å². The van der Waals surface area contributed by atoms with Gasteiger partial charge < -0.3 is 14.8 Å². The Hall–Kier alpha value is -2.49. The topological polar surface area (TPSA) is 47.6 Å². The van der Waals surface area contributed by atoms with Crippen LogP contribution in [0.5, 0.6) is 11.5 Å². The molecular formula is C22H29NO3. The molecule has 0 heterocycles. The molecule has 1 amide bonds. The van der Waals surface area contributed by atoms with Crippen LogP contribution in [0.2, 0.25) is 0 Å². The fourth-order valence-corrected chi connectivity index (χ4v) is 2.72. The normalized spacial score (nSPS) is 13.0. The van der Waals surface area contributed by atoms with Crippen molar-refractivity contribution in [3.05, 3.63) is 59.2 Å². The predicted octanol–water partition coefficient (Wildman–Crippen LogP) is 4.35. The molecule has 0 bridgehead atoms. The molecule has 0 spiro atoms. The largest absolute Gasteiger partial charge is 0.491 e. The molecule has 0 saturated carbocycles. The molecule has 0 aliphatic heterocycles. The molecule has 4 nitrogen and oxygen atoms in total. The van der Waals surface area contributed by atoms with Gasteiger partial charge in [0.15, 0.2) is 6.10 Å². The maximum atomic E-state index is 12.5. The van der Waals surface area contributed by atoms with Crippen LogP contribution in [0.1, 0.15) is 37.0 Å². The van der Waals surface area contributed by atoms with Gasteiger partial charge in [0, 0.05) is 0 Å². The van der Waals surface area contributed by atoms with E-state index in [0.29, 0.717) is 13.0 Å². The first-order valence-corrected chi connectivity index (χ1v) is 9.12. The van der Waals surface area contributed by atoms with Gasteiger partial charge in [-0.3, -0.25) is 4.79 Å². The number of rotatable bonds is 8. The molecule has 4 heteroatoms. The second kappa shape index (κ2) is 9.27. The van der Waals surface area contributed by atoms with E-state index < -0.39 is 6.10 Å². The quantitative estimate of drug-likeness (QED) is 0.766. The van der Waals surface area contributed by atoms with Gasteiger partial charge in [-0.25, -0.2) is 0 Å². The van der Waals surface area contributed by atoms with Gasteiger partial charge in [0.2, 0.25) is 0 Å². The Morgan fingerprint density at radius 3 is 2.15 bits per heavy atom. The summed E-state index contributed by atoms with van der Waals surface area (Å²) >= 11 is 0. The number of hydrogen-bond acceptors (Lipinski definition) is 3. The molecule has 1 N–H and O–H groups in total. The molecule has 140 valence electrons. The Bertz CT molecular complexity index is 704. The Balaban J connectivity index is 1.87. The number of ether oxygens (including phenoxy) is 2. The van der Waals surface area contributed by atoms with E-state index >= 15 is 0 Å². The van der Waals surface area contributed by atoms with Gasteiger partial charge in [0.05, 0.1) is 6.04 Å². The molecule has 2 rings (SSSR count). The van der Waals surface area contributed by atoms with E-state index in [0.717, 1.165) is 22.6 Å². The zero-order chi connectivity index (χ0) is 19.1. The average molecular weight is 355 g/mol. The summed E-state index contributed by atoms with van der Waals surface area (Å²) in [4.78, 5) is 12.5. The van der Waals surface area contributed by atoms with E-state index in [9.17, 15) is 4.79 Å². The second-order valence-electron chi connectivity index (χ2n) is 6.87. The molecular weight excluding hydrogens is 326 g/mol. The molecule has 0 aliphatic rings. The standard InChI is InChI=1S/C22H29NO3/c1-6-21(26-20-12-16(3)11-17(4)13-20)22(24)23-18(5)14-25-19-9-7-15(2)8-10-19/h7-13,18,21H,6,14H2,1-5H3,(H,23,24)/t18-,21+/m0/s1. The lowest BCUT2D eigenvalue weighted by atomic mass is 10.1. The first kappa shape index (κ1) is 19.8. The number of benzene rings is 2. The zero-order valence-corrected chi connectivity index (χ0v) is 16.3. The average Bonchev–Trinajstić information content (AvgIpc) is 2.58. The van der Waals surface area contributed by atoms with Crippen molar-refractivity contribution in [2.75, 3.05) is 6.61 Å². The number of hydrogen-bond donors (Lipinski definition) is 1. The van der Waals surface area contributed by atoms with Gasteiger partial charge in [-0.15, -0.1) is 0 Å². The van der Waals surface area contributed by atoms with Crippen molar-refractivity contribution in [3.63, 3.8) is 0 Å². The first-order valence-electron chi connectivity index (χ1n) is 9.12. The highest BCUT2D eigenvalue weighted by atomic mass is 16.5. The summed E-state index contributed by atoms with van der Waals surface area (Å²) < 4.78 is 11.6. The molecule has 0 fully saturated rings. The number of carbonyl (C=O) groups excluding carboxylic acids is 1. The van der Waals surface area contributed by atoms with Gasteiger partial charge in [-0.05, 0) is 69.5 Å². The highest BCUT2D eigenvalue weighted by Gasteiger charge is 2.20. The van der Waals surface area contributed by atoms with Crippen LogP contribution in [0.4, 0.5) is 0 Å². The summed E-state index contributed by atoms with van der Waals surface area (Å²) in [5.74, 6) is 1.41. The SMILES string of the molecule is CC[C@@H](Oc1cc(C)cc(C)c1)C(=O)N[C@@H](C)COc1ccc(C)cc1. The summed E-state index contributed by atoms with van der Waals surface area (Å²) in [6.07, 6.45) is 0.0858. The molecule has 2 aromatic rings. The molecule has 0 unspecified atom stereocenters. The smallest absolute Gasteiger partial charge is 0.261 e. The monoisotopic (exact) mass is 355 g/mol. The van der Waals surface area contributed by atoms with Crippen LogP contribution in [0.15, 0.2) is 42.5 Å². The van der Waals surface area contributed by atoms with Crippen LogP contribution in [0.25, 0.3) is 0 Å². The van der Waals surface area contributed by atoms with Crippen LogP contribution < -0.4 is 14.8 Å². The first-order chi connectivity index (χ1) is 12.4. The molecule has 2 atom stereocenters. The molecule has 26 heavy (non-hydrogen) atoms. The molecule has 2 aromatic carbocycles. The second-order valence-corrected chi connectivity index (χ2v) is 6.87. The lowest BCUT2D eigenvalue weighted by Gasteiger charge is -2.21. The molecule has 0 aromatic heterocycles. The summed E-state index contributed by atoms with van der Waals surface area (Å²) in [5, 5.41) is 2.97. The minimum Gasteiger partial charge on any atom is -0.491 e. The van der Waals surface area contributed by atoms with Gasteiger partial charge in [-0.2, -0.15) is 0 Å². The third-order valence-electron chi connectivity index (χ3n) is 4.05. The van der Waals surface area contributed by atoms with Crippen molar-refractivity contribution < 1.29 is 14.3 Å². The van der Waals surface area contributed by atoms with E-state index in [-0.39, 0.29) is 11.9 Å². The van der Waals surface area contributed by atoms with Gasteiger partial charge in [0.1, 0.15) is 18.1 Å². The zero-order valence-electron chi connectivity index (χ0n) is 16.3. The molecule has 0 radical (unpaired) electrons. The lowest BCUT2D eigenvalue weighted by molar-refractivity contribution is -0.128. The van der Waals surface area contributed by atoms with E-state index in [2.05, 4.69) is 11.4 Å². The summed E-state index contributed by atoms with van der Waals surface area (Å²) in [6.45, 7) is 10.4. The van der Waals surface area contributed by atoms with Crippen LogP contribution >= 0.6 is 0 Å². The van der Waals surface area contributed by atoms with Crippen molar-refractivity contribution in [3.8, 4) is 11.5 Å². The Kier molecular flexibility index (Phi) is 7.07. The Labute approximate surface area is 156 Å². The molecule has 0 saturated heterocycles. The van der Waals surface area contributed by atoms with E-state index in [1.54, 1.807) is 0 Å². The fraction of sp³-hybridized carbons (Fsp3) is 0.409. The Morgan fingerprint density at radius 1 is 0.962 bits per heavy atom. The predicted molar refractivity (Wildman–Crippen MR) is 105 cm³/mol. The summed E-state index contributed by atoms with van der Waals surface area (Å²) in [5.41, 5.74) is 3.43. The van der Waals surface area contributed by atoms with E-state index in [1.165, 1.54) is 5.56 Å². The van der Waals surface area contributed by atoms with Crippen LogP contribution in [-0.4, -0.2) is 24.7 Å². The minimum absolute atomic E-state index is 0.110. The number of aryl methyl sites for hydroxylation is 3. The Morgan fingerprint density at radius 2 is 1.58 bits per heavy atom. The van der Waals surface area contributed by atoms with Crippen LogP contribution in [0.3, 0.4) is 0 Å². The maximum Gasteiger partial charge on any atom is 0.261 e. The summed E-state index contributed by atoms with van der Waals surface area (Å²) in [7, 11) is 0. The van der Waals surface area contributed by atoms with Crippen molar-refractivity contribution in [1.29, 1.82) is 0 Å². The van der Waals surface area contributed by atoms with Crippen molar-refractivity contribution >= 4 is 5.91 Å². The summed E-state index contributed by atoms with van der Waals surface area (Å²) in [6, 6.07) is 13.7. The number of carbonyl (C=O) groups is 1. The lowest BCUT2D eigenvalue weighted by Crippen LogP contribution is -2.44. The highest BCUT2D eigenvalue weighted by molar-refractivity contribution is 5.81. The van der Waals surface area contributed by atoms with Gasteiger partial charge >= 0.3 is 0 Å². The van der Waals surface area contributed by atoms with Crippen molar-refractivity contribution in [1.82, 2.24) is 5.32 Å². The molecule has 0 aliphatic carbocycles. The van der Waals surface area contributed by atoms with Gasteiger partial charge in [-0.1, -0.05) is 30.7 Å². The maximum absolute atomic E-state index is 12.5. The highest BCUT2D eigenvalue weighted by Crippen LogP contribution is 2.18. The number of amides is 1. The van der Waals surface area contributed by atoms with Gasteiger partial charge in [0.25, 0.3) is 5.91 Å². The van der Waals surface area contributed by atoms with Crippen molar-refractivity contribution in [2.24, 2.45) is 0 Å². The van der Waals surface area contributed by atoms with E-state index in [1.807, 2.05) is 71.0 Å². The van der Waals surface area contributed by atoms with E-state index in [4.69, 9.17) is 9.47 Å².